The first-order chi connectivity index (χ1) is 6.86. The Morgan fingerprint density at radius 2 is 2.00 bits per heavy atom. The third-order valence-corrected chi connectivity index (χ3v) is 2.25. The summed E-state index contributed by atoms with van der Waals surface area (Å²) in [7, 11) is 0. The molecule has 0 aliphatic rings. The van der Waals surface area contributed by atoms with E-state index < -0.39 is 0 Å². The number of rotatable bonds is 6. The van der Waals surface area contributed by atoms with Gasteiger partial charge in [0.1, 0.15) is 18.0 Å². The molecule has 1 aromatic rings. The van der Waals surface area contributed by atoms with Crippen LogP contribution in [0.15, 0.2) is 12.4 Å². The summed E-state index contributed by atoms with van der Waals surface area (Å²) in [5, 5.41) is 6.37. The van der Waals surface area contributed by atoms with Gasteiger partial charge in [-0.1, -0.05) is 0 Å². The molecule has 0 radical (unpaired) electrons. The minimum Gasteiger partial charge on any atom is -0.370 e. The van der Waals surface area contributed by atoms with Crippen molar-refractivity contribution >= 4 is 23.4 Å². The van der Waals surface area contributed by atoms with Crippen molar-refractivity contribution in [2.75, 3.05) is 35.7 Å². The zero-order chi connectivity index (χ0) is 10.2. The summed E-state index contributed by atoms with van der Waals surface area (Å²) in [6.07, 6.45) is 3.66. The summed E-state index contributed by atoms with van der Waals surface area (Å²) < 4.78 is 0. The van der Waals surface area contributed by atoms with Crippen LogP contribution in [0.1, 0.15) is 6.92 Å². The number of hydrogen-bond donors (Lipinski definition) is 2. The monoisotopic (exact) mass is 212 g/mol. The molecule has 0 bridgehead atoms. The molecular formula is C9H16N4S. The molecule has 0 atom stereocenters. The molecule has 0 aliphatic carbocycles. The van der Waals surface area contributed by atoms with Crippen molar-refractivity contribution in [1.29, 1.82) is 0 Å². The van der Waals surface area contributed by atoms with Gasteiger partial charge in [-0.25, -0.2) is 9.97 Å². The molecule has 78 valence electrons. The lowest BCUT2D eigenvalue weighted by atomic mass is 10.5. The highest BCUT2D eigenvalue weighted by Crippen LogP contribution is 2.07. The Labute approximate surface area is 88.9 Å². The summed E-state index contributed by atoms with van der Waals surface area (Å²) >= 11 is 1.81. The average molecular weight is 212 g/mol. The number of hydrogen-bond acceptors (Lipinski definition) is 5. The number of anilines is 2. The van der Waals surface area contributed by atoms with Gasteiger partial charge in [0, 0.05) is 24.9 Å². The van der Waals surface area contributed by atoms with Crippen LogP contribution in [0.2, 0.25) is 0 Å². The van der Waals surface area contributed by atoms with Crippen LogP contribution in [0.4, 0.5) is 11.6 Å². The Kier molecular flexibility index (Phi) is 5.14. The molecule has 0 amide bonds. The Morgan fingerprint density at radius 3 is 2.64 bits per heavy atom. The van der Waals surface area contributed by atoms with E-state index >= 15 is 0 Å². The molecule has 0 saturated carbocycles. The highest BCUT2D eigenvalue weighted by atomic mass is 32.2. The highest BCUT2D eigenvalue weighted by Gasteiger charge is 1.95. The molecule has 1 aromatic heterocycles. The molecular weight excluding hydrogens is 196 g/mol. The molecule has 0 fully saturated rings. The SMILES string of the molecule is CCNc1cc(NCCSC)ncn1. The van der Waals surface area contributed by atoms with Gasteiger partial charge in [-0.05, 0) is 13.2 Å². The van der Waals surface area contributed by atoms with E-state index in [2.05, 4.69) is 26.9 Å². The molecule has 2 N–H and O–H groups in total. The summed E-state index contributed by atoms with van der Waals surface area (Å²) in [5.74, 6) is 2.83. The number of nitrogens with zero attached hydrogens (tertiary/aromatic N) is 2. The van der Waals surface area contributed by atoms with Crippen LogP contribution >= 0.6 is 11.8 Å². The second kappa shape index (κ2) is 6.48. The lowest BCUT2D eigenvalue weighted by Gasteiger charge is -2.06. The molecule has 14 heavy (non-hydrogen) atoms. The summed E-state index contributed by atoms with van der Waals surface area (Å²) in [6.45, 7) is 3.86. The largest absolute Gasteiger partial charge is 0.370 e. The van der Waals surface area contributed by atoms with E-state index in [1.54, 1.807) is 6.33 Å². The van der Waals surface area contributed by atoms with Crippen LogP contribution in [0.3, 0.4) is 0 Å². The Morgan fingerprint density at radius 1 is 1.29 bits per heavy atom. The van der Waals surface area contributed by atoms with Gasteiger partial charge in [-0.3, -0.25) is 0 Å². The fourth-order valence-electron chi connectivity index (χ4n) is 1.01. The van der Waals surface area contributed by atoms with Crippen molar-refractivity contribution in [2.45, 2.75) is 6.92 Å². The van der Waals surface area contributed by atoms with Crippen molar-refractivity contribution in [1.82, 2.24) is 9.97 Å². The second-order valence-corrected chi connectivity index (χ2v) is 3.72. The Bertz CT molecular complexity index is 267. The van der Waals surface area contributed by atoms with Gasteiger partial charge in [0.25, 0.3) is 0 Å². The quantitative estimate of drug-likeness (QED) is 0.703. The van der Waals surface area contributed by atoms with Gasteiger partial charge in [-0.15, -0.1) is 0 Å². The Hall–Kier alpha value is -0.970. The molecule has 5 heteroatoms. The van der Waals surface area contributed by atoms with Gasteiger partial charge < -0.3 is 10.6 Å². The second-order valence-electron chi connectivity index (χ2n) is 2.74. The highest BCUT2D eigenvalue weighted by molar-refractivity contribution is 7.98. The first kappa shape index (κ1) is 11.1. The van der Waals surface area contributed by atoms with Crippen LogP contribution in [0.5, 0.6) is 0 Å². The van der Waals surface area contributed by atoms with Gasteiger partial charge in [0.15, 0.2) is 0 Å². The van der Waals surface area contributed by atoms with E-state index in [0.29, 0.717) is 0 Å². The number of aromatic nitrogens is 2. The van der Waals surface area contributed by atoms with Crippen LogP contribution in [0, 0.1) is 0 Å². The van der Waals surface area contributed by atoms with Crippen molar-refractivity contribution in [2.24, 2.45) is 0 Å². The third-order valence-electron chi connectivity index (χ3n) is 1.64. The van der Waals surface area contributed by atoms with E-state index in [-0.39, 0.29) is 0 Å². The third kappa shape index (κ3) is 3.83. The number of nitrogens with one attached hydrogen (secondary N) is 2. The van der Waals surface area contributed by atoms with Gasteiger partial charge in [-0.2, -0.15) is 11.8 Å². The molecule has 1 heterocycles. The number of thioether (sulfide) groups is 1. The van der Waals surface area contributed by atoms with E-state index in [1.165, 1.54) is 0 Å². The maximum absolute atomic E-state index is 4.12. The smallest absolute Gasteiger partial charge is 0.131 e. The lowest BCUT2D eigenvalue weighted by molar-refractivity contribution is 1.09. The van der Waals surface area contributed by atoms with Crippen LogP contribution in [-0.4, -0.2) is 35.1 Å². The molecule has 1 rings (SSSR count). The minimum absolute atomic E-state index is 0.870. The predicted molar refractivity (Wildman–Crippen MR) is 63.1 cm³/mol. The van der Waals surface area contributed by atoms with Crippen molar-refractivity contribution < 1.29 is 0 Å². The van der Waals surface area contributed by atoms with Gasteiger partial charge in [0.2, 0.25) is 0 Å². The van der Waals surface area contributed by atoms with Crippen molar-refractivity contribution in [3.8, 4) is 0 Å². The fourth-order valence-corrected chi connectivity index (χ4v) is 1.32. The summed E-state index contributed by atoms with van der Waals surface area (Å²) in [5.41, 5.74) is 0. The first-order valence-corrected chi connectivity index (χ1v) is 6.05. The van der Waals surface area contributed by atoms with E-state index in [9.17, 15) is 0 Å². The fraction of sp³-hybridized carbons (Fsp3) is 0.556. The standard InChI is InChI=1S/C9H16N4S/c1-3-10-8-6-9(13-7-12-8)11-4-5-14-2/h6-7H,3-5H2,1-2H3,(H2,10,11,12,13). The van der Waals surface area contributed by atoms with Crippen LogP contribution in [0.25, 0.3) is 0 Å². The van der Waals surface area contributed by atoms with Crippen LogP contribution in [-0.2, 0) is 0 Å². The molecule has 0 unspecified atom stereocenters. The van der Waals surface area contributed by atoms with Crippen molar-refractivity contribution in [3.05, 3.63) is 12.4 Å². The molecule has 0 saturated heterocycles. The lowest BCUT2D eigenvalue weighted by Crippen LogP contribution is -2.07. The topological polar surface area (TPSA) is 49.8 Å². The van der Waals surface area contributed by atoms with E-state index in [4.69, 9.17) is 0 Å². The normalized spacial score (nSPS) is 9.86. The molecule has 4 nitrogen and oxygen atoms in total. The molecule has 0 spiro atoms. The predicted octanol–water partition coefficient (Wildman–Crippen LogP) is 1.68. The zero-order valence-corrected chi connectivity index (χ0v) is 9.40. The van der Waals surface area contributed by atoms with E-state index in [1.807, 2.05) is 24.8 Å². The molecule has 0 aliphatic heterocycles. The van der Waals surface area contributed by atoms with Gasteiger partial charge in [0.05, 0.1) is 0 Å². The van der Waals surface area contributed by atoms with Crippen LogP contribution < -0.4 is 10.6 Å². The first-order valence-electron chi connectivity index (χ1n) is 4.65. The summed E-state index contributed by atoms with van der Waals surface area (Å²) in [4.78, 5) is 8.21. The maximum Gasteiger partial charge on any atom is 0.131 e. The zero-order valence-electron chi connectivity index (χ0n) is 8.58. The Balaban J connectivity index is 2.46. The summed E-state index contributed by atoms with van der Waals surface area (Å²) in [6, 6.07) is 1.92. The average Bonchev–Trinajstić information content (AvgIpc) is 2.19. The molecule has 0 aromatic carbocycles. The maximum atomic E-state index is 4.12. The van der Waals surface area contributed by atoms with E-state index in [0.717, 1.165) is 30.5 Å². The minimum atomic E-state index is 0.870. The van der Waals surface area contributed by atoms with Crippen molar-refractivity contribution in [3.63, 3.8) is 0 Å². The van der Waals surface area contributed by atoms with Gasteiger partial charge >= 0.3 is 0 Å².